The zero-order chi connectivity index (χ0) is 9.80. The first kappa shape index (κ1) is 9.02. The van der Waals surface area contributed by atoms with E-state index in [1.165, 1.54) is 0 Å². The number of aryl methyl sites for hydroxylation is 2. The van der Waals surface area contributed by atoms with Gasteiger partial charge in [0.15, 0.2) is 0 Å². The van der Waals surface area contributed by atoms with Gasteiger partial charge in [0.2, 0.25) is 0 Å². The molecule has 74 valence electrons. The molecule has 14 heavy (non-hydrogen) atoms. The van der Waals surface area contributed by atoms with E-state index in [2.05, 4.69) is 5.10 Å². The summed E-state index contributed by atoms with van der Waals surface area (Å²) in [5.74, 6) is 0. The lowest BCUT2D eigenvalue weighted by Crippen LogP contribution is -2.09. The summed E-state index contributed by atoms with van der Waals surface area (Å²) in [5.41, 5.74) is 0.942. The van der Waals surface area contributed by atoms with Crippen LogP contribution in [0.5, 0.6) is 0 Å². The smallest absolute Gasteiger partial charge is 0.0832 e. The Morgan fingerprint density at radius 3 is 2.86 bits per heavy atom. The van der Waals surface area contributed by atoms with Crippen molar-refractivity contribution in [1.29, 1.82) is 0 Å². The molecule has 4 nitrogen and oxygen atoms in total. The molecule has 1 N–H and O–H groups in total. The summed E-state index contributed by atoms with van der Waals surface area (Å²) in [7, 11) is 0. The summed E-state index contributed by atoms with van der Waals surface area (Å²) >= 11 is 0. The maximum Gasteiger partial charge on any atom is 0.0832 e. The van der Waals surface area contributed by atoms with Gasteiger partial charge in [-0.1, -0.05) is 0 Å². The fourth-order valence-corrected chi connectivity index (χ4v) is 1.45. The van der Waals surface area contributed by atoms with Gasteiger partial charge in [-0.3, -0.25) is 4.68 Å². The maximum absolute atomic E-state index is 9.02. The van der Waals surface area contributed by atoms with Crippen LogP contribution in [0.15, 0.2) is 36.8 Å². The number of hydrogen-bond donors (Lipinski definition) is 1. The molecule has 0 saturated carbocycles. The number of hydrogen-bond acceptors (Lipinski definition) is 2. The van der Waals surface area contributed by atoms with Gasteiger partial charge in [0, 0.05) is 30.8 Å². The largest absolute Gasteiger partial charge is 0.390 e. The predicted octanol–water partition coefficient (Wildman–Crippen LogP) is 0.877. The molecule has 0 aromatic carbocycles. The van der Waals surface area contributed by atoms with E-state index in [9.17, 15) is 0 Å². The van der Waals surface area contributed by atoms with Gasteiger partial charge < -0.3 is 9.67 Å². The average Bonchev–Trinajstić information content (AvgIpc) is 2.85. The van der Waals surface area contributed by atoms with Gasteiger partial charge >= 0.3 is 0 Å². The van der Waals surface area contributed by atoms with Gasteiger partial charge in [-0.05, 0) is 18.2 Å². The van der Waals surface area contributed by atoms with Crippen molar-refractivity contribution in [2.75, 3.05) is 0 Å². The van der Waals surface area contributed by atoms with Gasteiger partial charge in [0.1, 0.15) is 0 Å². The minimum absolute atomic E-state index is 0.0894. The predicted molar refractivity (Wildman–Crippen MR) is 52.6 cm³/mol. The maximum atomic E-state index is 9.02. The molecule has 2 aromatic heterocycles. The van der Waals surface area contributed by atoms with Gasteiger partial charge in [-0.25, -0.2) is 0 Å². The van der Waals surface area contributed by atoms with E-state index in [1.807, 2.05) is 39.8 Å². The number of aliphatic hydroxyl groups is 1. The van der Waals surface area contributed by atoms with Gasteiger partial charge in [-0.15, -0.1) is 0 Å². The third kappa shape index (κ3) is 1.85. The lowest BCUT2D eigenvalue weighted by Gasteiger charge is -2.06. The van der Waals surface area contributed by atoms with Crippen LogP contribution in [0, 0.1) is 0 Å². The second kappa shape index (κ2) is 4.11. The molecule has 0 aliphatic rings. The van der Waals surface area contributed by atoms with Crippen molar-refractivity contribution in [2.24, 2.45) is 0 Å². The highest BCUT2D eigenvalue weighted by Crippen LogP contribution is 2.02. The van der Waals surface area contributed by atoms with E-state index in [0.29, 0.717) is 0 Å². The standard InChI is InChI=1S/C10H13N3O/c14-9-10-3-1-5-12(10)7-8-13-6-2-4-11-13/h1-6,14H,7-9H2. The Balaban J connectivity index is 1.98. The third-order valence-electron chi connectivity index (χ3n) is 2.21. The molecule has 0 spiro atoms. The summed E-state index contributed by atoms with van der Waals surface area (Å²) in [6.45, 7) is 1.76. The van der Waals surface area contributed by atoms with Crippen molar-refractivity contribution in [2.45, 2.75) is 19.7 Å². The molecule has 2 rings (SSSR count). The van der Waals surface area contributed by atoms with Crippen molar-refractivity contribution in [3.8, 4) is 0 Å². The molecule has 2 aromatic rings. The normalized spacial score (nSPS) is 10.6. The first-order chi connectivity index (χ1) is 6.90. The highest BCUT2D eigenvalue weighted by atomic mass is 16.3. The fourth-order valence-electron chi connectivity index (χ4n) is 1.45. The van der Waals surface area contributed by atoms with E-state index < -0.39 is 0 Å². The monoisotopic (exact) mass is 191 g/mol. The van der Waals surface area contributed by atoms with E-state index in [0.717, 1.165) is 18.8 Å². The third-order valence-corrected chi connectivity index (χ3v) is 2.21. The highest BCUT2D eigenvalue weighted by Gasteiger charge is 1.98. The van der Waals surface area contributed by atoms with Crippen LogP contribution in [0.1, 0.15) is 5.69 Å². The molecule has 0 atom stereocenters. The number of aromatic nitrogens is 3. The first-order valence-electron chi connectivity index (χ1n) is 4.62. The lowest BCUT2D eigenvalue weighted by molar-refractivity contribution is 0.269. The lowest BCUT2D eigenvalue weighted by atomic mass is 10.4. The molecular formula is C10H13N3O. The van der Waals surface area contributed by atoms with Crippen molar-refractivity contribution in [3.05, 3.63) is 42.5 Å². The molecule has 0 aliphatic heterocycles. The Morgan fingerprint density at radius 2 is 2.14 bits per heavy atom. The molecule has 4 heteroatoms. The Bertz CT molecular complexity index is 378. The Labute approximate surface area is 82.4 Å². The van der Waals surface area contributed by atoms with Crippen LogP contribution >= 0.6 is 0 Å². The quantitative estimate of drug-likeness (QED) is 0.779. The topological polar surface area (TPSA) is 43.0 Å². The van der Waals surface area contributed by atoms with Crippen LogP contribution in [0.2, 0.25) is 0 Å². The molecule has 0 saturated heterocycles. The fraction of sp³-hybridized carbons (Fsp3) is 0.300. The van der Waals surface area contributed by atoms with Crippen LogP contribution in [0.3, 0.4) is 0 Å². The number of rotatable bonds is 4. The zero-order valence-electron chi connectivity index (χ0n) is 7.87. The van der Waals surface area contributed by atoms with Crippen LogP contribution in [0.25, 0.3) is 0 Å². The number of nitrogens with zero attached hydrogens (tertiary/aromatic N) is 3. The molecule has 0 fully saturated rings. The van der Waals surface area contributed by atoms with Crippen molar-refractivity contribution >= 4 is 0 Å². The van der Waals surface area contributed by atoms with Crippen LogP contribution < -0.4 is 0 Å². The molecule has 0 radical (unpaired) electrons. The van der Waals surface area contributed by atoms with E-state index in [4.69, 9.17) is 5.11 Å². The van der Waals surface area contributed by atoms with Gasteiger partial charge in [0.05, 0.1) is 13.2 Å². The van der Waals surface area contributed by atoms with Crippen LogP contribution in [-0.4, -0.2) is 19.5 Å². The molecule has 0 amide bonds. The van der Waals surface area contributed by atoms with E-state index in [1.54, 1.807) is 6.20 Å². The SMILES string of the molecule is OCc1cccn1CCn1cccn1. The van der Waals surface area contributed by atoms with Crippen LogP contribution in [0.4, 0.5) is 0 Å². The van der Waals surface area contributed by atoms with Crippen molar-refractivity contribution in [1.82, 2.24) is 14.3 Å². The van der Waals surface area contributed by atoms with E-state index in [-0.39, 0.29) is 6.61 Å². The first-order valence-corrected chi connectivity index (χ1v) is 4.62. The summed E-state index contributed by atoms with van der Waals surface area (Å²) in [6.07, 6.45) is 5.67. The second-order valence-electron chi connectivity index (χ2n) is 3.12. The molecule has 0 aliphatic carbocycles. The molecular weight excluding hydrogens is 178 g/mol. The minimum atomic E-state index is 0.0894. The van der Waals surface area contributed by atoms with Crippen LogP contribution in [-0.2, 0) is 19.7 Å². The summed E-state index contributed by atoms with van der Waals surface area (Å²) in [4.78, 5) is 0. The summed E-state index contributed by atoms with van der Waals surface area (Å²) in [5, 5.41) is 13.1. The molecule has 0 unspecified atom stereocenters. The van der Waals surface area contributed by atoms with Gasteiger partial charge in [-0.2, -0.15) is 5.10 Å². The highest BCUT2D eigenvalue weighted by molar-refractivity contribution is 5.05. The Hall–Kier alpha value is -1.55. The molecule has 0 bridgehead atoms. The van der Waals surface area contributed by atoms with Gasteiger partial charge in [0.25, 0.3) is 0 Å². The van der Waals surface area contributed by atoms with E-state index >= 15 is 0 Å². The Kier molecular flexibility index (Phi) is 2.65. The second-order valence-corrected chi connectivity index (χ2v) is 3.12. The summed E-state index contributed by atoms with van der Waals surface area (Å²) in [6, 6.07) is 5.76. The minimum Gasteiger partial charge on any atom is -0.390 e. The number of aliphatic hydroxyl groups excluding tert-OH is 1. The zero-order valence-corrected chi connectivity index (χ0v) is 7.87. The van der Waals surface area contributed by atoms with Crippen molar-refractivity contribution in [3.63, 3.8) is 0 Å². The molecule has 2 heterocycles. The van der Waals surface area contributed by atoms with Crippen molar-refractivity contribution < 1.29 is 5.11 Å². The summed E-state index contributed by atoms with van der Waals surface area (Å²) < 4.78 is 3.91. The Morgan fingerprint density at radius 1 is 1.21 bits per heavy atom. The average molecular weight is 191 g/mol.